The molecule has 1 saturated heterocycles. The van der Waals surface area contributed by atoms with Gasteiger partial charge in [-0.05, 0) is 45.0 Å². The van der Waals surface area contributed by atoms with Crippen LogP contribution in [0.3, 0.4) is 0 Å². The average molecular weight is 316 g/mol. The summed E-state index contributed by atoms with van der Waals surface area (Å²) in [6.07, 6.45) is 0. The molecule has 3 rings (SSSR count). The Balaban J connectivity index is 1.74. The van der Waals surface area contributed by atoms with Gasteiger partial charge in [-0.2, -0.15) is 0 Å². The number of para-hydroxylation sites is 1. The van der Waals surface area contributed by atoms with Crippen molar-refractivity contribution in [3.05, 3.63) is 30.0 Å². The van der Waals surface area contributed by atoms with Crippen molar-refractivity contribution in [2.45, 2.75) is 26.8 Å². The molecule has 2 heterocycles. The number of carbonyl (C=O) groups excluding carboxylic acids is 1. The second-order valence-electron chi connectivity index (χ2n) is 6.19. The van der Waals surface area contributed by atoms with E-state index in [1.54, 1.807) is 0 Å². The first-order valence-electron chi connectivity index (χ1n) is 8.26. The molecule has 2 unspecified atom stereocenters. The highest BCUT2D eigenvalue weighted by Gasteiger charge is 2.29. The predicted molar refractivity (Wildman–Crippen MR) is 89.5 cm³/mol. The molecule has 2 aromatic rings. The molecule has 23 heavy (non-hydrogen) atoms. The van der Waals surface area contributed by atoms with Gasteiger partial charge in [0, 0.05) is 11.3 Å². The quantitative estimate of drug-likeness (QED) is 0.860. The van der Waals surface area contributed by atoms with Crippen LogP contribution in [0.1, 0.15) is 32.6 Å². The maximum Gasteiger partial charge on any atom is 0.223 e. The van der Waals surface area contributed by atoms with Gasteiger partial charge in [-0.3, -0.25) is 4.79 Å². The zero-order valence-electron chi connectivity index (χ0n) is 13.9. The smallest absolute Gasteiger partial charge is 0.223 e. The standard InChI is InChI=1S/C18H24N2O3/c1-4-22-15-7-5-6-13-8-16(23-17(13)15)12(3)20-18(21)11(2)14-9-19-10-14/h5-8,11-12,14,19H,4,9-10H2,1-3H3,(H,20,21). The number of rotatable bonds is 6. The lowest BCUT2D eigenvalue weighted by molar-refractivity contribution is -0.127. The van der Waals surface area contributed by atoms with Crippen molar-refractivity contribution < 1.29 is 13.9 Å². The van der Waals surface area contributed by atoms with Gasteiger partial charge >= 0.3 is 0 Å². The molecule has 0 bridgehead atoms. The molecular weight excluding hydrogens is 292 g/mol. The molecule has 5 nitrogen and oxygen atoms in total. The molecule has 1 aliphatic heterocycles. The third kappa shape index (κ3) is 3.20. The predicted octanol–water partition coefficient (Wildman–Crippen LogP) is 2.86. The van der Waals surface area contributed by atoms with Gasteiger partial charge in [-0.15, -0.1) is 0 Å². The fraction of sp³-hybridized carbons (Fsp3) is 0.500. The molecule has 2 atom stereocenters. The topological polar surface area (TPSA) is 63.5 Å². The molecule has 5 heteroatoms. The van der Waals surface area contributed by atoms with Crippen LogP contribution in [0.5, 0.6) is 5.75 Å². The molecule has 1 aliphatic rings. The van der Waals surface area contributed by atoms with E-state index in [-0.39, 0.29) is 17.9 Å². The molecule has 0 radical (unpaired) electrons. The van der Waals surface area contributed by atoms with Crippen molar-refractivity contribution in [3.63, 3.8) is 0 Å². The molecular formula is C18H24N2O3. The minimum Gasteiger partial charge on any atom is -0.490 e. The first-order chi connectivity index (χ1) is 11.1. The Morgan fingerprint density at radius 1 is 1.43 bits per heavy atom. The number of benzene rings is 1. The molecule has 1 aromatic carbocycles. The summed E-state index contributed by atoms with van der Waals surface area (Å²) in [4.78, 5) is 12.3. The van der Waals surface area contributed by atoms with Crippen molar-refractivity contribution in [1.82, 2.24) is 10.6 Å². The van der Waals surface area contributed by atoms with Gasteiger partial charge < -0.3 is 19.8 Å². The van der Waals surface area contributed by atoms with Crippen molar-refractivity contribution in [2.75, 3.05) is 19.7 Å². The van der Waals surface area contributed by atoms with Crippen LogP contribution in [0.4, 0.5) is 0 Å². The third-order valence-electron chi connectivity index (χ3n) is 4.55. The molecule has 0 aliphatic carbocycles. The van der Waals surface area contributed by atoms with Crippen LogP contribution in [-0.2, 0) is 4.79 Å². The Kier molecular flexibility index (Phi) is 4.57. The number of ether oxygens (including phenoxy) is 1. The Morgan fingerprint density at radius 3 is 2.87 bits per heavy atom. The van der Waals surface area contributed by atoms with Crippen molar-refractivity contribution in [2.24, 2.45) is 11.8 Å². The van der Waals surface area contributed by atoms with E-state index in [2.05, 4.69) is 10.6 Å². The van der Waals surface area contributed by atoms with Gasteiger partial charge in [0.1, 0.15) is 5.76 Å². The highest BCUT2D eigenvalue weighted by molar-refractivity contribution is 5.84. The maximum absolute atomic E-state index is 12.3. The number of amides is 1. The highest BCUT2D eigenvalue weighted by Crippen LogP contribution is 2.31. The van der Waals surface area contributed by atoms with Gasteiger partial charge in [-0.1, -0.05) is 19.1 Å². The number of carbonyl (C=O) groups is 1. The first kappa shape index (κ1) is 15.9. The Morgan fingerprint density at radius 2 is 2.22 bits per heavy atom. The molecule has 0 saturated carbocycles. The van der Waals surface area contributed by atoms with E-state index in [1.165, 1.54) is 0 Å². The Bertz CT molecular complexity index is 691. The van der Waals surface area contributed by atoms with Gasteiger partial charge in [-0.25, -0.2) is 0 Å². The summed E-state index contributed by atoms with van der Waals surface area (Å²) in [6.45, 7) is 8.31. The lowest BCUT2D eigenvalue weighted by Crippen LogP contribution is -2.49. The summed E-state index contributed by atoms with van der Waals surface area (Å²) in [6, 6.07) is 7.63. The monoisotopic (exact) mass is 316 g/mol. The number of hydrogen-bond donors (Lipinski definition) is 2. The number of fused-ring (bicyclic) bond motifs is 1. The van der Waals surface area contributed by atoms with E-state index in [0.717, 1.165) is 35.6 Å². The van der Waals surface area contributed by atoms with E-state index < -0.39 is 0 Å². The molecule has 1 fully saturated rings. The van der Waals surface area contributed by atoms with Crippen molar-refractivity contribution >= 4 is 16.9 Å². The third-order valence-corrected chi connectivity index (χ3v) is 4.55. The van der Waals surface area contributed by atoms with Crippen LogP contribution in [0, 0.1) is 11.8 Å². The van der Waals surface area contributed by atoms with Crippen LogP contribution in [0.2, 0.25) is 0 Å². The molecule has 2 N–H and O–H groups in total. The second kappa shape index (κ2) is 6.62. The largest absolute Gasteiger partial charge is 0.490 e. The summed E-state index contributed by atoms with van der Waals surface area (Å²) in [5.41, 5.74) is 0.738. The van der Waals surface area contributed by atoms with E-state index >= 15 is 0 Å². The van der Waals surface area contributed by atoms with Crippen LogP contribution in [0.15, 0.2) is 28.7 Å². The second-order valence-corrected chi connectivity index (χ2v) is 6.19. The Labute approximate surface area is 136 Å². The molecule has 124 valence electrons. The van der Waals surface area contributed by atoms with E-state index in [1.807, 2.05) is 45.0 Å². The van der Waals surface area contributed by atoms with Crippen LogP contribution in [0.25, 0.3) is 11.0 Å². The maximum atomic E-state index is 12.3. The lowest BCUT2D eigenvalue weighted by atomic mass is 9.88. The summed E-state index contributed by atoms with van der Waals surface area (Å²) in [7, 11) is 0. The molecule has 0 spiro atoms. The minimum atomic E-state index is -0.167. The lowest BCUT2D eigenvalue weighted by Gasteiger charge is -2.32. The summed E-state index contributed by atoms with van der Waals surface area (Å²) >= 11 is 0. The van der Waals surface area contributed by atoms with E-state index in [4.69, 9.17) is 9.15 Å². The average Bonchev–Trinajstić information content (AvgIpc) is 2.91. The number of hydrogen-bond acceptors (Lipinski definition) is 4. The minimum absolute atomic E-state index is 0.0158. The van der Waals surface area contributed by atoms with Crippen LogP contribution < -0.4 is 15.4 Å². The summed E-state index contributed by atoms with van der Waals surface area (Å²) < 4.78 is 11.5. The SMILES string of the molecule is CCOc1cccc2cc(C(C)NC(=O)C(C)C3CNC3)oc12. The van der Waals surface area contributed by atoms with Gasteiger partial charge in [0.2, 0.25) is 5.91 Å². The van der Waals surface area contributed by atoms with Crippen molar-refractivity contribution in [3.8, 4) is 5.75 Å². The number of nitrogens with one attached hydrogen (secondary N) is 2. The van der Waals surface area contributed by atoms with Gasteiger partial charge in [0.15, 0.2) is 11.3 Å². The molecule has 1 amide bonds. The first-order valence-corrected chi connectivity index (χ1v) is 8.26. The fourth-order valence-corrected chi connectivity index (χ4v) is 2.83. The Hall–Kier alpha value is -2.01. The molecule has 1 aromatic heterocycles. The summed E-state index contributed by atoms with van der Waals surface area (Å²) in [5, 5.41) is 7.25. The number of furan rings is 1. The fourth-order valence-electron chi connectivity index (χ4n) is 2.83. The van der Waals surface area contributed by atoms with Crippen LogP contribution >= 0.6 is 0 Å². The van der Waals surface area contributed by atoms with Crippen molar-refractivity contribution in [1.29, 1.82) is 0 Å². The van der Waals surface area contributed by atoms with E-state index in [9.17, 15) is 4.79 Å². The summed E-state index contributed by atoms with van der Waals surface area (Å²) in [5.74, 6) is 2.02. The highest BCUT2D eigenvalue weighted by atomic mass is 16.5. The van der Waals surface area contributed by atoms with Gasteiger partial charge in [0.25, 0.3) is 0 Å². The van der Waals surface area contributed by atoms with E-state index in [0.29, 0.717) is 12.5 Å². The van der Waals surface area contributed by atoms with Gasteiger partial charge in [0.05, 0.1) is 12.6 Å². The zero-order chi connectivity index (χ0) is 16.4. The zero-order valence-corrected chi connectivity index (χ0v) is 13.9. The van der Waals surface area contributed by atoms with Crippen LogP contribution in [-0.4, -0.2) is 25.6 Å². The normalized spacial score (nSPS) is 17.5.